The summed E-state index contributed by atoms with van der Waals surface area (Å²) in [7, 11) is 0. The highest BCUT2D eigenvalue weighted by atomic mass is 19.1. The van der Waals surface area contributed by atoms with Gasteiger partial charge in [0.1, 0.15) is 5.82 Å². The number of nitrogens with zero attached hydrogens (tertiary/aromatic N) is 1. The predicted octanol–water partition coefficient (Wildman–Crippen LogP) is 3.37. The third kappa shape index (κ3) is 3.39. The zero-order valence-corrected chi connectivity index (χ0v) is 12.1. The van der Waals surface area contributed by atoms with Gasteiger partial charge in [-0.15, -0.1) is 0 Å². The minimum Gasteiger partial charge on any atom is -0.388 e. The Morgan fingerprint density at radius 1 is 1.25 bits per heavy atom. The van der Waals surface area contributed by atoms with E-state index in [4.69, 9.17) is 0 Å². The minimum atomic E-state index is -0.711. The van der Waals surface area contributed by atoms with Gasteiger partial charge in [-0.05, 0) is 43.6 Å². The standard InChI is InChI=1S/C17H24FNO/c1-12(17(20)15-4-2-3-5-16(15)18)10-19(14-8-9-14)11-13-6-7-13/h2-5,12-14,17,20H,6-11H2,1H3. The quantitative estimate of drug-likeness (QED) is 0.826. The Morgan fingerprint density at radius 3 is 2.55 bits per heavy atom. The smallest absolute Gasteiger partial charge is 0.129 e. The first-order valence-electron chi connectivity index (χ1n) is 7.81. The maximum absolute atomic E-state index is 13.8. The molecule has 2 aliphatic carbocycles. The summed E-state index contributed by atoms with van der Waals surface area (Å²) in [6, 6.07) is 7.29. The van der Waals surface area contributed by atoms with Crippen molar-refractivity contribution >= 4 is 0 Å². The van der Waals surface area contributed by atoms with E-state index in [1.54, 1.807) is 18.2 Å². The first-order valence-corrected chi connectivity index (χ1v) is 7.81. The van der Waals surface area contributed by atoms with Crippen molar-refractivity contribution in [2.75, 3.05) is 13.1 Å². The molecule has 0 aromatic heterocycles. The number of hydrogen-bond acceptors (Lipinski definition) is 2. The first-order chi connectivity index (χ1) is 9.65. The molecule has 0 spiro atoms. The summed E-state index contributed by atoms with van der Waals surface area (Å²) < 4.78 is 13.8. The molecule has 1 aromatic carbocycles. The Labute approximate surface area is 120 Å². The van der Waals surface area contributed by atoms with Gasteiger partial charge in [0.15, 0.2) is 0 Å². The molecule has 0 radical (unpaired) electrons. The van der Waals surface area contributed by atoms with E-state index in [1.807, 2.05) is 6.92 Å². The maximum atomic E-state index is 13.8. The molecule has 1 N–H and O–H groups in total. The monoisotopic (exact) mass is 277 g/mol. The number of aliphatic hydroxyl groups is 1. The van der Waals surface area contributed by atoms with Crippen LogP contribution in [0.15, 0.2) is 24.3 Å². The van der Waals surface area contributed by atoms with Crippen LogP contribution in [0.2, 0.25) is 0 Å². The summed E-state index contributed by atoms with van der Waals surface area (Å²) in [6.45, 7) is 4.06. The van der Waals surface area contributed by atoms with Gasteiger partial charge >= 0.3 is 0 Å². The molecule has 2 atom stereocenters. The van der Waals surface area contributed by atoms with E-state index in [2.05, 4.69) is 4.90 Å². The number of aliphatic hydroxyl groups excluding tert-OH is 1. The van der Waals surface area contributed by atoms with Crippen LogP contribution in [0, 0.1) is 17.7 Å². The summed E-state index contributed by atoms with van der Waals surface area (Å²) in [5, 5.41) is 10.4. The van der Waals surface area contributed by atoms with Gasteiger partial charge in [0, 0.05) is 24.7 Å². The van der Waals surface area contributed by atoms with Crippen LogP contribution in [0.1, 0.15) is 44.3 Å². The molecule has 2 fully saturated rings. The second kappa shape index (κ2) is 5.82. The highest BCUT2D eigenvalue weighted by molar-refractivity contribution is 5.20. The van der Waals surface area contributed by atoms with Crippen molar-refractivity contribution in [3.05, 3.63) is 35.6 Å². The third-order valence-corrected chi connectivity index (χ3v) is 4.54. The Morgan fingerprint density at radius 2 is 1.95 bits per heavy atom. The summed E-state index contributed by atoms with van der Waals surface area (Å²) in [6.07, 6.45) is 4.57. The molecule has 2 nitrogen and oxygen atoms in total. The van der Waals surface area contributed by atoms with E-state index in [-0.39, 0.29) is 11.7 Å². The van der Waals surface area contributed by atoms with Gasteiger partial charge < -0.3 is 5.11 Å². The third-order valence-electron chi connectivity index (χ3n) is 4.54. The molecule has 110 valence electrons. The first kappa shape index (κ1) is 14.0. The Kier molecular flexibility index (Phi) is 4.08. The lowest BCUT2D eigenvalue weighted by atomic mass is 9.96. The SMILES string of the molecule is CC(CN(CC1CC1)C1CC1)C(O)c1ccccc1F. The summed E-state index contributed by atoms with van der Waals surface area (Å²) in [5.41, 5.74) is 0.433. The Bertz CT molecular complexity index is 456. The van der Waals surface area contributed by atoms with Crippen LogP contribution < -0.4 is 0 Å². The van der Waals surface area contributed by atoms with Crippen molar-refractivity contribution in [3.63, 3.8) is 0 Å². The largest absolute Gasteiger partial charge is 0.388 e. The van der Waals surface area contributed by atoms with Gasteiger partial charge in [0.25, 0.3) is 0 Å². The number of rotatable bonds is 7. The zero-order valence-electron chi connectivity index (χ0n) is 12.1. The van der Waals surface area contributed by atoms with Gasteiger partial charge in [0.05, 0.1) is 6.10 Å². The number of hydrogen-bond donors (Lipinski definition) is 1. The van der Waals surface area contributed by atoms with Crippen molar-refractivity contribution in [1.29, 1.82) is 0 Å². The summed E-state index contributed by atoms with van der Waals surface area (Å²) in [5.74, 6) is 0.631. The van der Waals surface area contributed by atoms with Crippen LogP contribution in [0.5, 0.6) is 0 Å². The van der Waals surface area contributed by atoms with Gasteiger partial charge in [-0.3, -0.25) is 4.90 Å². The molecule has 3 rings (SSSR count). The van der Waals surface area contributed by atoms with Crippen LogP contribution in [0.3, 0.4) is 0 Å². The fourth-order valence-electron chi connectivity index (χ4n) is 2.94. The number of benzene rings is 1. The topological polar surface area (TPSA) is 23.5 Å². The molecular weight excluding hydrogens is 253 g/mol. The highest BCUT2D eigenvalue weighted by Crippen LogP contribution is 2.36. The molecule has 0 amide bonds. The van der Waals surface area contributed by atoms with Gasteiger partial charge in [-0.1, -0.05) is 25.1 Å². The molecule has 3 heteroatoms. The Hall–Kier alpha value is -0.930. The molecule has 0 heterocycles. The molecule has 0 aliphatic heterocycles. The van der Waals surface area contributed by atoms with Gasteiger partial charge in [-0.25, -0.2) is 4.39 Å². The van der Waals surface area contributed by atoms with Crippen LogP contribution >= 0.6 is 0 Å². The molecular formula is C17H24FNO. The zero-order chi connectivity index (χ0) is 14.1. The van der Waals surface area contributed by atoms with Crippen molar-refractivity contribution in [3.8, 4) is 0 Å². The summed E-state index contributed by atoms with van der Waals surface area (Å²) >= 11 is 0. The van der Waals surface area contributed by atoms with Crippen molar-refractivity contribution in [2.45, 2.75) is 44.8 Å². The van der Waals surface area contributed by atoms with Crippen LogP contribution in [-0.2, 0) is 0 Å². The van der Waals surface area contributed by atoms with E-state index in [9.17, 15) is 9.50 Å². The van der Waals surface area contributed by atoms with Crippen molar-refractivity contribution in [1.82, 2.24) is 4.90 Å². The van der Waals surface area contributed by atoms with Crippen LogP contribution in [-0.4, -0.2) is 29.1 Å². The van der Waals surface area contributed by atoms with Crippen LogP contribution in [0.25, 0.3) is 0 Å². The molecule has 2 aliphatic rings. The average molecular weight is 277 g/mol. The lowest BCUT2D eigenvalue weighted by molar-refractivity contribution is 0.0813. The highest BCUT2D eigenvalue weighted by Gasteiger charge is 2.35. The molecule has 20 heavy (non-hydrogen) atoms. The molecule has 0 saturated heterocycles. The molecule has 1 aromatic rings. The average Bonchev–Trinajstić information content (AvgIpc) is 3.30. The number of halogens is 1. The Balaban J connectivity index is 1.61. The lowest BCUT2D eigenvalue weighted by Gasteiger charge is -2.28. The maximum Gasteiger partial charge on any atom is 0.129 e. The van der Waals surface area contributed by atoms with Crippen molar-refractivity contribution in [2.24, 2.45) is 11.8 Å². The molecule has 0 bridgehead atoms. The second-order valence-electron chi connectivity index (χ2n) is 6.57. The van der Waals surface area contributed by atoms with Crippen molar-refractivity contribution < 1.29 is 9.50 Å². The van der Waals surface area contributed by atoms with E-state index in [1.165, 1.54) is 38.3 Å². The van der Waals surface area contributed by atoms with E-state index in [0.29, 0.717) is 11.6 Å². The van der Waals surface area contributed by atoms with Gasteiger partial charge in [0.2, 0.25) is 0 Å². The fourth-order valence-corrected chi connectivity index (χ4v) is 2.94. The summed E-state index contributed by atoms with van der Waals surface area (Å²) in [4.78, 5) is 2.52. The van der Waals surface area contributed by atoms with E-state index >= 15 is 0 Å². The lowest BCUT2D eigenvalue weighted by Crippen LogP contribution is -2.34. The molecule has 2 saturated carbocycles. The minimum absolute atomic E-state index is 0.0613. The fraction of sp³-hybridized carbons (Fsp3) is 0.647. The van der Waals surface area contributed by atoms with E-state index in [0.717, 1.165) is 12.5 Å². The van der Waals surface area contributed by atoms with Crippen LogP contribution in [0.4, 0.5) is 4.39 Å². The molecule has 2 unspecified atom stereocenters. The predicted molar refractivity (Wildman–Crippen MR) is 77.8 cm³/mol. The second-order valence-corrected chi connectivity index (χ2v) is 6.57. The normalized spacial score (nSPS) is 22.0. The van der Waals surface area contributed by atoms with Gasteiger partial charge in [-0.2, -0.15) is 0 Å². The van der Waals surface area contributed by atoms with E-state index < -0.39 is 6.10 Å².